The number of para-hydroxylation sites is 1. The Morgan fingerprint density at radius 2 is 2.04 bits per heavy atom. The third kappa shape index (κ3) is 3.74. The third-order valence-electron chi connectivity index (χ3n) is 5.44. The third-order valence-corrected chi connectivity index (χ3v) is 6.94. The number of likely N-dealkylation sites (tertiary alicyclic amines) is 1. The number of aromatic nitrogens is 3. The summed E-state index contributed by atoms with van der Waals surface area (Å²) >= 11 is 0. The van der Waals surface area contributed by atoms with Crippen LogP contribution in [-0.4, -0.2) is 53.2 Å². The fourth-order valence-electron chi connectivity index (χ4n) is 3.91. The van der Waals surface area contributed by atoms with Gasteiger partial charge in [-0.15, -0.1) is 0 Å². The SMILES string of the molecule is CC(Cn1cncn1)C(=O)N1CCC(C2Nc3ccccc3S(=O)(=O)N2)CC1. The van der Waals surface area contributed by atoms with Gasteiger partial charge in [0, 0.05) is 13.1 Å². The summed E-state index contributed by atoms with van der Waals surface area (Å²) in [4.78, 5) is 18.8. The number of nitrogens with one attached hydrogen (secondary N) is 2. The summed E-state index contributed by atoms with van der Waals surface area (Å²) in [6, 6.07) is 6.91. The molecule has 9 nitrogen and oxygen atoms in total. The summed E-state index contributed by atoms with van der Waals surface area (Å²) < 4.78 is 29.4. The van der Waals surface area contributed by atoms with E-state index in [1.54, 1.807) is 29.2 Å². The minimum atomic E-state index is -3.52. The zero-order chi connectivity index (χ0) is 19.7. The predicted octanol–water partition coefficient (Wildman–Crippen LogP) is 0.883. The number of piperidine rings is 1. The molecule has 2 unspecified atom stereocenters. The molecule has 28 heavy (non-hydrogen) atoms. The van der Waals surface area contributed by atoms with Crippen molar-refractivity contribution >= 4 is 21.6 Å². The van der Waals surface area contributed by atoms with Gasteiger partial charge in [0.05, 0.1) is 24.3 Å². The van der Waals surface area contributed by atoms with Gasteiger partial charge in [-0.2, -0.15) is 9.82 Å². The molecule has 150 valence electrons. The van der Waals surface area contributed by atoms with Crippen LogP contribution in [0.4, 0.5) is 5.69 Å². The van der Waals surface area contributed by atoms with Gasteiger partial charge in [-0.1, -0.05) is 19.1 Å². The van der Waals surface area contributed by atoms with E-state index in [9.17, 15) is 13.2 Å². The van der Waals surface area contributed by atoms with E-state index in [1.165, 1.54) is 6.33 Å². The molecule has 1 saturated heterocycles. The van der Waals surface area contributed by atoms with Gasteiger partial charge in [0.15, 0.2) is 0 Å². The molecule has 0 bridgehead atoms. The van der Waals surface area contributed by atoms with Crippen molar-refractivity contribution in [3.63, 3.8) is 0 Å². The first-order valence-electron chi connectivity index (χ1n) is 9.43. The van der Waals surface area contributed by atoms with Crippen molar-refractivity contribution in [3.8, 4) is 0 Å². The minimum Gasteiger partial charge on any atom is -0.368 e. The Bertz CT molecular complexity index is 938. The number of anilines is 1. The number of rotatable bonds is 4. The zero-order valence-electron chi connectivity index (χ0n) is 15.7. The smallest absolute Gasteiger partial charge is 0.244 e. The monoisotopic (exact) mass is 404 g/mol. The summed E-state index contributed by atoms with van der Waals surface area (Å²) in [6.07, 6.45) is 4.19. The van der Waals surface area contributed by atoms with E-state index in [-0.39, 0.29) is 28.8 Å². The van der Waals surface area contributed by atoms with Gasteiger partial charge in [-0.3, -0.25) is 9.48 Å². The van der Waals surface area contributed by atoms with E-state index in [4.69, 9.17) is 0 Å². The number of benzene rings is 1. The van der Waals surface area contributed by atoms with Gasteiger partial charge < -0.3 is 10.2 Å². The lowest BCUT2D eigenvalue weighted by Crippen LogP contribution is -2.52. The highest BCUT2D eigenvalue weighted by Gasteiger charge is 2.36. The largest absolute Gasteiger partial charge is 0.368 e. The average molecular weight is 404 g/mol. The van der Waals surface area contributed by atoms with Gasteiger partial charge in [-0.05, 0) is 30.9 Å². The van der Waals surface area contributed by atoms with Crippen molar-refractivity contribution < 1.29 is 13.2 Å². The molecule has 2 atom stereocenters. The van der Waals surface area contributed by atoms with Crippen molar-refractivity contribution in [1.82, 2.24) is 24.4 Å². The fraction of sp³-hybridized carbons (Fsp3) is 0.500. The average Bonchev–Trinajstić information content (AvgIpc) is 3.20. The van der Waals surface area contributed by atoms with Crippen molar-refractivity contribution in [2.24, 2.45) is 11.8 Å². The molecule has 1 fully saturated rings. The molecule has 1 aromatic heterocycles. The number of nitrogens with zero attached hydrogens (tertiary/aromatic N) is 4. The maximum atomic E-state index is 12.7. The Balaban J connectivity index is 1.36. The second kappa shape index (κ2) is 7.51. The maximum Gasteiger partial charge on any atom is 0.244 e. The van der Waals surface area contributed by atoms with Gasteiger partial charge in [-0.25, -0.2) is 13.4 Å². The Morgan fingerprint density at radius 3 is 2.75 bits per heavy atom. The maximum absolute atomic E-state index is 12.7. The van der Waals surface area contributed by atoms with Crippen LogP contribution in [0.2, 0.25) is 0 Å². The van der Waals surface area contributed by atoms with E-state index >= 15 is 0 Å². The molecule has 1 aromatic carbocycles. The number of carbonyl (C=O) groups is 1. The highest BCUT2D eigenvalue weighted by atomic mass is 32.2. The van der Waals surface area contributed by atoms with Crippen molar-refractivity contribution in [3.05, 3.63) is 36.9 Å². The second-order valence-electron chi connectivity index (χ2n) is 7.42. The molecule has 2 aliphatic heterocycles. The van der Waals surface area contributed by atoms with E-state index in [1.807, 2.05) is 17.9 Å². The van der Waals surface area contributed by atoms with Gasteiger partial charge in [0.2, 0.25) is 15.9 Å². The number of hydrogen-bond acceptors (Lipinski definition) is 6. The van der Waals surface area contributed by atoms with Crippen molar-refractivity contribution in [2.75, 3.05) is 18.4 Å². The van der Waals surface area contributed by atoms with E-state index < -0.39 is 10.0 Å². The second-order valence-corrected chi connectivity index (χ2v) is 9.10. The van der Waals surface area contributed by atoms with Crippen LogP contribution < -0.4 is 10.0 Å². The summed E-state index contributed by atoms with van der Waals surface area (Å²) in [5.41, 5.74) is 0.631. The molecule has 0 saturated carbocycles. The van der Waals surface area contributed by atoms with Crippen LogP contribution >= 0.6 is 0 Å². The molecule has 3 heterocycles. The van der Waals surface area contributed by atoms with Gasteiger partial charge in [0.25, 0.3) is 0 Å². The molecule has 0 spiro atoms. The first kappa shape index (κ1) is 18.9. The van der Waals surface area contributed by atoms with Crippen molar-refractivity contribution in [1.29, 1.82) is 0 Å². The number of fused-ring (bicyclic) bond motifs is 1. The molecule has 2 aromatic rings. The Morgan fingerprint density at radius 1 is 1.29 bits per heavy atom. The van der Waals surface area contributed by atoms with Crippen LogP contribution in [0, 0.1) is 11.8 Å². The highest BCUT2D eigenvalue weighted by Crippen LogP contribution is 2.31. The molecular weight excluding hydrogens is 380 g/mol. The van der Waals surface area contributed by atoms with Crippen LogP contribution in [0.3, 0.4) is 0 Å². The topological polar surface area (TPSA) is 109 Å². The number of amides is 1. The molecule has 2 aliphatic rings. The fourth-order valence-corrected chi connectivity index (χ4v) is 5.30. The lowest BCUT2D eigenvalue weighted by molar-refractivity contribution is -0.137. The lowest BCUT2D eigenvalue weighted by atomic mass is 9.93. The van der Waals surface area contributed by atoms with Crippen LogP contribution in [0.5, 0.6) is 0 Å². The van der Waals surface area contributed by atoms with E-state index in [2.05, 4.69) is 20.1 Å². The summed E-state index contributed by atoms with van der Waals surface area (Å²) in [6.45, 7) is 3.63. The predicted molar refractivity (Wildman–Crippen MR) is 103 cm³/mol. The Labute approximate surface area is 164 Å². The Kier molecular flexibility index (Phi) is 5.07. The van der Waals surface area contributed by atoms with Gasteiger partial charge >= 0.3 is 0 Å². The van der Waals surface area contributed by atoms with Crippen molar-refractivity contribution in [2.45, 2.75) is 37.4 Å². The molecule has 1 amide bonds. The first-order valence-corrected chi connectivity index (χ1v) is 10.9. The van der Waals surface area contributed by atoms with Crippen LogP contribution in [0.25, 0.3) is 0 Å². The first-order chi connectivity index (χ1) is 13.4. The quantitative estimate of drug-likeness (QED) is 0.783. The van der Waals surface area contributed by atoms with Crippen LogP contribution in [0.15, 0.2) is 41.8 Å². The summed E-state index contributed by atoms with van der Waals surface area (Å²) in [5, 5.41) is 7.36. The molecule has 2 N–H and O–H groups in total. The molecule has 10 heteroatoms. The summed E-state index contributed by atoms with van der Waals surface area (Å²) in [7, 11) is -3.52. The molecule has 0 radical (unpaired) electrons. The minimum absolute atomic E-state index is 0.0940. The van der Waals surface area contributed by atoms with Crippen LogP contribution in [0.1, 0.15) is 19.8 Å². The highest BCUT2D eigenvalue weighted by molar-refractivity contribution is 7.89. The number of sulfonamides is 1. The number of carbonyl (C=O) groups excluding carboxylic acids is 1. The lowest BCUT2D eigenvalue weighted by Gasteiger charge is -2.39. The molecular formula is C18H24N6O3S. The standard InChI is InChI=1S/C18H24N6O3S/c1-13(10-24-12-19-11-20-24)18(25)23-8-6-14(7-9-23)17-21-15-4-2-3-5-16(15)28(26,27)22-17/h2-5,11-14,17,21-22H,6-10H2,1H3. The van der Waals surface area contributed by atoms with Crippen LogP contribution in [-0.2, 0) is 21.4 Å². The number of hydrogen-bond donors (Lipinski definition) is 2. The normalized spacial score (nSPS) is 22.9. The zero-order valence-corrected chi connectivity index (χ0v) is 16.5. The van der Waals surface area contributed by atoms with Gasteiger partial charge in [0.1, 0.15) is 17.6 Å². The summed E-state index contributed by atoms with van der Waals surface area (Å²) in [5.74, 6) is 0.0331. The molecule has 4 rings (SSSR count). The molecule has 0 aliphatic carbocycles. The van der Waals surface area contributed by atoms with E-state index in [0.29, 0.717) is 25.3 Å². The van der Waals surface area contributed by atoms with E-state index in [0.717, 1.165) is 12.8 Å². The Hall–Kier alpha value is -2.46.